The van der Waals surface area contributed by atoms with Gasteiger partial charge in [-0.05, 0) is 30.2 Å². The van der Waals surface area contributed by atoms with Crippen LogP contribution < -0.4 is 5.32 Å². The van der Waals surface area contributed by atoms with Crippen molar-refractivity contribution in [2.24, 2.45) is 0 Å². The molecule has 0 radical (unpaired) electrons. The number of carbonyl (C=O) groups is 1. The topological polar surface area (TPSA) is 50.8 Å². The summed E-state index contributed by atoms with van der Waals surface area (Å²) in [6.07, 6.45) is 0.979. The van der Waals surface area contributed by atoms with Crippen LogP contribution in [-0.2, 0) is 15.9 Å². The van der Waals surface area contributed by atoms with E-state index in [0.29, 0.717) is 26.3 Å². The third-order valence-corrected chi connectivity index (χ3v) is 3.48. The highest BCUT2D eigenvalue weighted by atomic mass is 16.5. The van der Waals surface area contributed by atoms with Gasteiger partial charge in [0.15, 0.2) is 0 Å². The van der Waals surface area contributed by atoms with Crippen molar-refractivity contribution >= 4 is 11.6 Å². The van der Waals surface area contributed by atoms with E-state index in [1.54, 1.807) is 19.1 Å². The van der Waals surface area contributed by atoms with Gasteiger partial charge >= 0.3 is 0 Å². The standard InChI is InChI=1S/C15H22N2O3/c1-19-9-7-17(8-10-20-2)15(18)13-3-4-14-12(11-13)5-6-16-14/h3-4,11,16H,5-10H2,1-2H3. The summed E-state index contributed by atoms with van der Waals surface area (Å²) in [4.78, 5) is 14.3. The van der Waals surface area contributed by atoms with E-state index in [1.165, 1.54) is 5.56 Å². The number of anilines is 1. The van der Waals surface area contributed by atoms with Gasteiger partial charge in [0, 0.05) is 45.1 Å². The predicted molar refractivity (Wildman–Crippen MR) is 78.3 cm³/mol. The summed E-state index contributed by atoms with van der Waals surface area (Å²) in [6.45, 7) is 3.16. The fourth-order valence-corrected chi connectivity index (χ4v) is 2.34. The van der Waals surface area contributed by atoms with E-state index in [4.69, 9.17) is 9.47 Å². The van der Waals surface area contributed by atoms with Crippen molar-refractivity contribution in [3.05, 3.63) is 29.3 Å². The Bertz CT molecular complexity index is 454. The molecular formula is C15H22N2O3. The number of rotatable bonds is 7. The Morgan fingerprint density at radius 3 is 2.60 bits per heavy atom. The van der Waals surface area contributed by atoms with E-state index < -0.39 is 0 Å². The summed E-state index contributed by atoms with van der Waals surface area (Å²) < 4.78 is 10.1. The Morgan fingerprint density at radius 2 is 1.95 bits per heavy atom. The van der Waals surface area contributed by atoms with Gasteiger partial charge in [0.1, 0.15) is 0 Å². The molecule has 20 heavy (non-hydrogen) atoms. The summed E-state index contributed by atoms with van der Waals surface area (Å²) >= 11 is 0. The Labute approximate surface area is 119 Å². The highest BCUT2D eigenvalue weighted by Gasteiger charge is 2.18. The van der Waals surface area contributed by atoms with Gasteiger partial charge in [-0.1, -0.05) is 0 Å². The number of nitrogens with zero attached hydrogens (tertiary/aromatic N) is 1. The largest absolute Gasteiger partial charge is 0.384 e. The summed E-state index contributed by atoms with van der Waals surface area (Å²) in [7, 11) is 3.28. The van der Waals surface area contributed by atoms with E-state index in [2.05, 4.69) is 5.32 Å². The maximum absolute atomic E-state index is 12.6. The lowest BCUT2D eigenvalue weighted by molar-refractivity contribution is 0.0627. The van der Waals surface area contributed by atoms with Gasteiger partial charge in [-0.15, -0.1) is 0 Å². The molecule has 5 heteroatoms. The SMILES string of the molecule is COCCN(CCOC)C(=O)c1ccc2c(c1)CCN2. The molecule has 2 rings (SSSR count). The first-order chi connectivity index (χ1) is 9.76. The molecule has 0 saturated carbocycles. The molecule has 1 amide bonds. The molecule has 0 atom stereocenters. The van der Waals surface area contributed by atoms with Crippen LogP contribution in [0.4, 0.5) is 5.69 Å². The minimum absolute atomic E-state index is 0.0359. The Morgan fingerprint density at radius 1 is 1.25 bits per heavy atom. The summed E-state index contributed by atoms with van der Waals surface area (Å²) in [5, 5.41) is 3.30. The van der Waals surface area contributed by atoms with Crippen molar-refractivity contribution in [1.29, 1.82) is 0 Å². The van der Waals surface area contributed by atoms with Gasteiger partial charge < -0.3 is 19.7 Å². The summed E-state index contributed by atoms with van der Waals surface area (Å²) in [6, 6.07) is 5.86. The molecule has 5 nitrogen and oxygen atoms in total. The summed E-state index contributed by atoms with van der Waals surface area (Å²) in [5.41, 5.74) is 3.09. The highest BCUT2D eigenvalue weighted by molar-refractivity contribution is 5.95. The van der Waals surface area contributed by atoms with Crippen LogP contribution >= 0.6 is 0 Å². The molecule has 0 bridgehead atoms. The minimum atomic E-state index is 0.0359. The van der Waals surface area contributed by atoms with Crippen LogP contribution in [0, 0.1) is 0 Å². The molecule has 1 N–H and O–H groups in total. The van der Waals surface area contributed by atoms with Crippen LogP contribution in [0.15, 0.2) is 18.2 Å². The number of carbonyl (C=O) groups excluding carboxylic acids is 1. The number of nitrogens with one attached hydrogen (secondary N) is 1. The summed E-state index contributed by atoms with van der Waals surface area (Å²) in [5.74, 6) is 0.0359. The third kappa shape index (κ3) is 3.49. The van der Waals surface area contributed by atoms with Gasteiger partial charge in [0.25, 0.3) is 5.91 Å². The van der Waals surface area contributed by atoms with Crippen LogP contribution in [0.25, 0.3) is 0 Å². The minimum Gasteiger partial charge on any atom is -0.384 e. The molecule has 0 fully saturated rings. The maximum Gasteiger partial charge on any atom is 0.254 e. The Hall–Kier alpha value is -1.59. The van der Waals surface area contributed by atoms with Crippen molar-refractivity contribution in [2.45, 2.75) is 6.42 Å². The first-order valence-corrected chi connectivity index (χ1v) is 6.90. The fourth-order valence-electron chi connectivity index (χ4n) is 2.34. The van der Waals surface area contributed by atoms with E-state index in [9.17, 15) is 4.79 Å². The quantitative estimate of drug-likeness (QED) is 0.819. The van der Waals surface area contributed by atoms with Crippen molar-refractivity contribution in [3.8, 4) is 0 Å². The maximum atomic E-state index is 12.6. The lowest BCUT2D eigenvalue weighted by Crippen LogP contribution is -2.36. The second-order valence-corrected chi connectivity index (χ2v) is 4.83. The fraction of sp³-hybridized carbons (Fsp3) is 0.533. The average molecular weight is 278 g/mol. The lowest BCUT2D eigenvalue weighted by atomic mass is 10.1. The van der Waals surface area contributed by atoms with Gasteiger partial charge in [-0.2, -0.15) is 0 Å². The van der Waals surface area contributed by atoms with Gasteiger partial charge in [0.05, 0.1) is 13.2 Å². The molecular weight excluding hydrogens is 256 g/mol. The smallest absolute Gasteiger partial charge is 0.254 e. The number of fused-ring (bicyclic) bond motifs is 1. The number of ether oxygens (including phenoxy) is 2. The molecule has 1 heterocycles. The van der Waals surface area contributed by atoms with Crippen LogP contribution in [-0.4, -0.2) is 57.9 Å². The van der Waals surface area contributed by atoms with Gasteiger partial charge in [-0.3, -0.25) is 4.79 Å². The van der Waals surface area contributed by atoms with Crippen molar-refractivity contribution in [1.82, 2.24) is 4.90 Å². The average Bonchev–Trinajstić information content (AvgIpc) is 2.94. The first-order valence-electron chi connectivity index (χ1n) is 6.90. The van der Waals surface area contributed by atoms with E-state index in [1.807, 2.05) is 18.2 Å². The molecule has 1 aliphatic rings. The van der Waals surface area contributed by atoms with E-state index in [-0.39, 0.29) is 5.91 Å². The molecule has 0 saturated heterocycles. The van der Waals surface area contributed by atoms with Crippen molar-refractivity contribution < 1.29 is 14.3 Å². The second kappa shape index (κ2) is 7.26. The molecule has 0 aromatic heterocycles. The zero-order valence-electron chi connectivity index (χ0n) is 12.1. The lowest BCUT2D eigenvalue weighted by Gasteiger charge is -2.22. The first kappa shape index (κ1) is 14.8. The number of hydrogen-bond acceptors (Lipinski definition) is 4. The van der Waals surface area contributed by atoms with Crippen molar-refractivity contribution in [3.63, 3.8) is 0 Å². The number of amides is 1. The molecule has 0 aliphatic carbocycles. The number of hydrogen-bond donors (Lipinski definition) is 1. The van der Waals surface area contributed by atoms with Crippen LogP contribution in [0.2, 0.25) is 0 Å². The Kier molecular flexibility index (Phi) is 5.38. The molecule has 1 aromatic rings. The van der Waals surface area contributed by atoms with Gasteiger partial charge in [-0.25, -0.2) is 0 Å². The van der Waals surface area contributed by atoms with E-state index in [0.717, 1.165) is 24.2 Å². The monoisotopic (exact) mass is 278 g/mol. The zero-order valence-corrected chi connectivity index (χ0v) is 12.1. The normalized spacial score (nSPS) is 12.9. The Balaban J connectivity index is 2.09. The van der Waals surface area contributed by atoms with Crippen molar-refractivity contribution in [2.75, 3.05) is 52.4 Å². The van der Waals surface area contributed by atoms with Crippen LogP contribution in [0.3, 0.4) is 0 Å². The predicted octanol–water partition coefficient (Wildman–Crippen LogP) is 1.39. The number of methoxy groups -OCH3 is 2. The third-order valence-electron chi connectivity index (χ3n) is 3.48. The second-order valence-electron chi connectivity index (χ2n) is 4.83. The molecule has 1 aliphatic heterocycles. The number of benzene rings is 1. The molecule has 0 spiro atoms. The molecule has 1 aromatic carbocycles. The van der Waals surface area contributed by atoms with Crippen LogP contribution in [0.1, 0.15) is 15.9 Å². The van der Waals surface area contributed by atoms with Gasteiger partial charge in [0.2, 0.25) is 0 Å². The molecule has 0 unspecified atom stereocenters. The molecule has 110 valence electrons. The zero-order chi connectivity index (χ0) is 14.4. The van der Waals surface area contributed by atoms with Crippen LogP contribution in [0.5, 0.6) is 0 Å². The van der Waals surface area contributed by atoms with E-state index >= 15 is 0 Å². The highest BCUT2D eigenvalue weighted by Crippen LogP contribution is 2.23.